The molecular weight excluding hydrogens is 374 g/mol. The van der Waals surface area contributed by atoms with Crippen LogP contribution in [0.1, 0.15) is 5.56 Å². The number of amides is 1. The number of pyridine rings is 1. The third kappa shape index (κ3) is 5.99. The van der Waals surface area contributed by atoms with Crippen molar-refractivity contribution >= 4 is 28.9 Å². The molecule has 0 saturated heterocycles. The van der Waals surface area contributed by atoms with Gasteiger partial charge < -0.3 is 15.0 Å². The number of anilines is 2. The Balaban J connectivity index is 1.46. The fourth-order valence-electron chi connectivity index (χ4n) is 2.65. The molecule has 0 aliphatic carbocycles. The summed E-state index contributed by atoms with van der Waals surface area (Å²) in [6, 6.07) is 18.7. The first-order valence-corrected chi connectivity index (χ1v) is 9.36. The molecular formula is C22H22ClN3O2. The number of hydrogen-bond donors (Lipinski definition) is 1. The Morgan fingerprint density at radius 2 is 1.71 bits per heavy atom. The van der Waals surface area contributed by atoms with E-state index in [1.165, 1.54) is 5.56 Å². The van der Waals surface area contributed by atoms with Gasteiger partial charge in [0.05, 0.1) is 0 Å². The molecule has 0 saturated carbocycles. The zero-order chi connectivity index (χ0) is 19.8. The van der Waals surface area contributed by atoms with Gasteiger partial charge in [-0.15, -0.1) is 0 Å². The zero-order valence-corrected chi connectivity index (χ0v) is 16.4. The molecule has 3 rings (SSSR count). The summed E-state index contributed by atoms with van der Waals surface area (Å²) in [6.45, 7) is 0.833. The number of halogens is 1. The molecule has 2 aromatic carbocycles. The summed E-state index contributed by atoms with van der Waals surface area (Å²) in [5.41, 5.74) is 3.08. The van der Waals surface area contributed by atoms with Gasteiger partial charge in [0.1, 0.15) is 5.75 Å². The molecule has 1 aromatic heterocycles. The molecule has 0 aliphatic rings. The molecule has 0 fully saturated rings. The van der Waals surface area contributed by atoms with E-state index in [0.717, 1.165) is 24.3 Å². The summed E-state index contributed by atoms with van der Waals surface area (Å²) >= 11 is 5.83. The number of nitrogens with zero attached hydrogens (tertiary/aromatic N) is 2. The Bertz CT molecular complexity index is 884. The third-order valence-corrected chi connectivity index (χ3v) is 4.51. The minimum atomic E-state index is -0.214. The lowest BCUT2D eigenvalue weighted by Crippen LogP contribution is -2.21. The van der Waals surface area contributed by atoms with Gasteiger partial charge in [0.25, 0.3) is 5.91 Å². The molecule has 28 heavy (non-hydrogen) atoms. The van der Waals surface area contributed by atoms with E-state index in [-0.39, 0.29) is 12.5 Å². The van der Waals surface area contributed by atoms with Gasteiger partial charge in [-0.25, -0.2) is 0 Å². The molecule has 6 heteroatoms. The fourth-order valence-corrected chi connectivity index (χ4v) is 2.78. The van der Waals surface area contributed by atoms with Crippen LogP contribution in [0.5, 0.6) is 5.75 Å². The van der Waals surface area contributed by atoms with Crippen molar-refractivity contribution in [3.63, 3.8) is 0 Å². The maximum Gasteiger partial charge on any atom is 0.262 e. The van der Waals surface area contributed by atoms with Crippen LogP contribution in [-0.4, -0.2) is 31.1 Å². The van der Waals surface area contributed by atoms with Crippen molar-refractivity contribution in [2.45, 2.75) is 6.42 Å². The minimum absolute atomic E-state index is 0.0603. The Labute approximate surface area is 169 Å². The number of likely N-dealkylation sites (N-methyl/N-ethyl adjacent to an activating group) is 1. The normalized spacial score (nSPS) is 10.4. The van der Waals surface area contributed by atoms with Gasteiger partial charge in [-0.1, -0.05) is 11.6 Å². The van der Waals surface area contributed by atoms with Crippen LogP contribution in [0.2, 0.25) is 5.02 Å². The third-order valence-electron chi connectivity index (χ3n) is 4.26. The molecule has 0 atom stereocenters. The largest absolute Gasteiger partial charge is 0.484 e. The van der Waals surface area contributed by atoms with Crippen molar-refractivity contribution in [2.24, 2.45) is 0 Å². The molecule has 1 heterocycles. The lowest BCUT2D eigenvalue weighted by atomic mass is 10.2. The second-order valence-corrected chi connectivity index (χ2v) is 6.80. The van der Waals surface area contributed by atoms with E-state index in [9.17, 15) is 4.79 Å². The number of benzene rings is 2. The second kappa shape index (κ2) is 9.76. The standard InChI is InChI=1S/C22H22ClN3O2/c1-26(15-12-17-10-13-24-14-11-17)20-6-4-19(5-7-20)25-22(27)16-28-21-8-2-18(23)3-9-21/h2-11,13-14H,12,15-16H2,1H3,(H,25,27). The molecule has 0 bridgehead atoms. The van der Waals surface area contributed by atoms with E-state index in [0.29, 0.717) is 10.8 Å². The van der Waals surface area contributed by atoms with Crippen molar-refractivity contribution < 1.29 is 9.53 Å². The topological polar surface area (TPSA) is 54.5 Å². The average molecular weight is 396 g/mol. The summed E-state index contributed by atoms with van der Waals surface area (Å²) < 4.78 is 5.45. The quantitative estimate of drug-likeness (QED) is 0.613. The van der Waals surface area contributed by atoms with Crippen LogP contribution in [0, 0.1) is 0 Å². The predicted molar refractivity (Wildman–Crippen MR) is 113 cm³/mol. The number of ether oxygens (including phenoxy) is 1. The van der Waals surface area contributed by atoms with Gasteiger partial charge in [0.2, 0.25) is 0 Å². The maximum absolute atomic E-state index is 12.1. The first kappa shape index (κ1) is 19.7. The Morgan fingerprint density at radius 3 is 2.39 bits per heavy atom. The molecule has 5 nitrogen and oxygen atoms in total. The average Bonchev–Trinajstić information content (AvgIpc) is 2.73. The maximum atomic E-state index is 12.1. The van der Waals surface area contributed by atoms with Crippen LogP contribution in [0.15, 0.2) is 73.1 Å². The lowest BCUT2D eigenvalue weighted by Gasteiger charge is -2.19. The highest BCUT2D eigenvalue weighted by Gasteiger charge is 2.06. The van der Waals surface area contributed by atoms with Gasteiger partial charge in [-0.05, 0) is 72.6 Å². The molecule has 3 aromatic rings. The van der Waals surface area contributed by atoms with E-state index < -0.39 is 0 Å². The molecule has 0 aliphatic heterocycles. The summed E-state index contributed by atoms with van der Waals surface area (Å²) in [6.07, 6.45) is 4.56. The molecule has 0 unspecified atom stereocenters. The van der Waals surface area contributed by atoms with Crippen molar-refractivity contribution in [1.82, 2.24) is 4.98 Å². The van der Waals surface area contributed by atoms with Gasteiger partial charge in [-0.3, -0.25) is 9.78 Å². The highest BCUT2D eigenvalue weighted by atomic mass is 35.5. The number of carbonyl (C=O) groups is 1. The first-order chi connectivity index (χ1) is 13.6. The molecule has 1 amide bonds. The second-order valence-electron chi connectivity index (χ2n) is 6.36. The first-order valence-electron chi connectivity index (χ1n) is 8.98. The summed E-state index contributed by atoms with van der Waals surface area (Å²) in [5, 5.41) is 3.46. The van der Waals surface area contributed by atoms with Crippen LogP contribution < -0.4 is 15.0 Å². The van der Waals surface area contributed by atoms with E-state index >= 15 is 0 Å². The zero-order valence-electron chi connectivity index (χ0n) is 15.6. The van der Waals surface area contributed by atoms with Crippen LogP contribution in [0.25, 0.3) is 0 Å². The van der Waals surface area contributed by atoms with Crippen LogP contribution in [-0.2, 0) is 11.2 Å². The van der Waals surface area contributed by atoms with Crippen LogP contribution >= 0.6 is 11.6 Å². The van der Waals surface area contributed by atoms with Gasteiger partial charge in [0.15, 0.2) is 6.61 Å². The molecule has 144 valence electrons. The van der Waals surface area contributed by atoms with Crippen LogP contribution in [0.4, 0.5) is 11.4 Å². The number of aromatic nitrogens is 1. The monoisotopic (exact) mass is 395 g/mol. The molecule has 0 spiro atoms. The Kier molecular flexibility index (Phi) is 6.87. The van der Waals surface area contributed by atoms with E-state index in [4.69, 9.17) is 16.3 Å². The Hall–Kier alpha value is -3.05. The highest BCUT2D eigenvalue weighted by molar-refractivity contribution is 6.30. The summed E-state index contributed by atoms with van der Waals surface area (Å²) in [7, 11) is 2.05. The van der Waals surface area contributed by atoms with Crippen LogP contribution in [0.3, 0.4) is 0 Å². The minimum Gasteiger partial charge on any atom is -0.484 e. The predicted octanol–water partition coefficient (Wildman–Crippen LogP) is 4.43. The van der Waals surface area contributed by atoms with Gasteiger partial charge in [0, 0.05) is 42.4 Å². The number of carbonyl (C=O) groups excluding carboxylic acids is 1. The summed E-state index contributed by atoms with van der Waals surface area (Å²) in [4.78, 5) is 18.3. The smallest absolute Gasteiger partial charge is 0.262 e. The molecule has 1 N–H and O–H groups in total. The Morgan fingerprint density at radius 1 is 1.04 bits per heavy atom. The van der Waals surface area contributed by atoms with Crippen molar-refractivity contribution in [1.29, 1.82) is 0 Å². The fraction of sp³-hybridized carbons (Fsp3) is 0.182. The highest BCUT2D eigenvalue weighted by Crippen LogP contribution is 2.18. The van der Waals surface area contributed by atoms with Crippen molar-refractivity contribution in [2.75, 3.05) is 30.4 Å². The van der Waals surface area contributed by atoms with E-state index in [2.05, 4.69) is 22.2 Å². The number of rotatable bonds is 8. The van der Waals surface area contributed by atoms with Crippen molar-refractivity contribution in [3.05, 3.63) is 83.6 Å². The summed E-state index contributed by atoms with van der Waals surface area (Å²) in [5.74, 6) is 0.388. The van der Waals surface area contributed by atoms with Gasteiger partial charge in [-0.2, -0.15) is 0 Å². The lowest BCUT2D eigenvalue weighted by molar-refractivity contribution is -0.118. The SMILES string of the molecule is CN(CCc1ccncc1)c1ccc(NC(=O)COc2ccc(Cl)cc2)cc1. The van der Waals surface area contributed by atoms with E-state index in [1.807, 2.05) is 48.8 Å². The molecule has 0 radical (unpaired) electrons. The van der Waals surface area contributed by atoms with Gasteiger partial charge >= 0.3 is 0 Å². The number of nitrogens with one attached hydrogen (secondary N) is 1. The number of hydrogen-bond acceptors (Lipinski definition) is 4. The van der Waals surface area contributed by atoms with E-state index in [1.54, 1.807) is 24.3 Å². The van der Waals surface area contributed by atoms with Crippen molar-refractivity contribution in [3.8, 4) is 5.75 Å².